The first kappa shape index (κ1) is 60.3. The standard InChI is InChI=1S/C21H24N2O6.C15H12N2O7.C5H13N.CH4.S4.S3/c1-2-3-4-5-7-13(24)12-29-16-9-6-8-14-18(16)21(28)23(20(14)27)15-10-11-17(25)22-19(15)26;18-10-5-4-8(13(21)16-10)17-14(22)7-2-1-3-9(12(7)15(17)23)24-6-11(19)20;1-2-3-4-5-6;;1-3-4-2;1-3-2/h6,8-9,15H,2-5,7,10-12H2,1H3,(H,22,25,26);1-3,8H,4-6H2,(H,19,20)(H,16,18,21);2-6H2,1H3;1H4;;. The van der Waals surface area contributed by atoms with Gasteiger partial charge in [-0.3, -0.25) is 63.6 Å². The summed E-state index contributed by atoms with van der Waals surface area (Å²) in [6.07, 6.45) is 8.30. The molecule has 0 bridgehead atoms. The number of ether oxygens (including phenoxy) is 2. The van der Waals surface area contributed by atoms with Crippen LogP contribution in [0.3, 0.4) is 0 Å². The molecule has 67 heavy (non-hydrogen) atoms. The summed E-state index contributed by atoms with van der Waals surface area (Å²) < 4.78 is 10.6. The number of fused-ring (bicyclic) bond motifs is 2. The first-order valence-electron chi connectivity index (χ1n) is 20.5. The van der Waals surface area contributed by atoms with Crippen LogP contribution < -0.4 is 25.8 Å². The number of ketones is 1. The highest BCUT2D eigenvalue weighted by Gasteiger charge is 2.47. The van der Waals surface area contributed by atoms with Crippen LogP contribution in [-0.2, 0) is 100 Å². The number of carboxylic acids is 1. The van der Waals surface area contributed by atoms with E-state index in [1.807, 2.05) is 0 Å². The molecule has 0 radical (unpaired) electrons. The van der Waals surface area contributed by atoms with Crippen molar-refractivity contribution in [3.8, 4) is 11.5 Å². The van der Waals surface area contributed by atoms with Gasteiger partial charge in [0.1, 0.15) is 30.2 Å². The molecule has 0 spiro atoms. The van der Waals surface area contributed by atoms with E-state index >= 15 is 0 Å². The van der Waals surface area contributed by atoms with Crippen LogP contribution in [0.5, 0.6) is 11.5 Å². The van der Waals surface area contributed by atoms with Crippen molar-refractivity contribution in [1.29, 1.82) is 0 Å². The second-order valence-electron chi connectivity index (χ2n) is 14.3. The normalized spacial score (nSPS) is 16.5. The summed E-state index contributed by atoms with van der Waals surface area (Å²) in [6.45, 7) is 4.28. The van der Waals surface area contributed by atoms with Gasteiger partial charge in [-0.2, -0.15) is 0 Å². The van der Waals surface area contributed by atoms with E-state index in [9.17, 15) is 47.9 Å². The Hall–Kier alpha value is -4.76. The van der Waals surface area contributed by atoms with Gasteiger partial charge in [0.05, 0.1) is 22.3 Å². The van der Waals surface area contributed by atoms with E-state index in [2.05, 4.69) is 69.2 Å². The smallest absolute Gasteiger partial charge is 0.341 e. The van der Waals surface area contributed by atoms with Gasteiger partial charge >= 0.3 is 5.97 Å². The van der Waals surface area contributed by atoms with Gasteiger partial charge in [0.2, 0.25) is 23.6 Å². The van der Waals surface area contributed by atoms with E-state index in [1.54, 1.807) is 6.07 Å². The Morgan fingerprint density at radius 1 is 0.672 bits per heavy atom. The molecule has 4 aliphatic heterocycles. The zero-order valence-electron chi connectivity index (χ0n) is 35.9. The molecule has 4 aliphatic rings. The number of hydrogen-bond donors (Lipinski definition) is 4. The van der Waals surface area contributed by atoms with Gasteiger partial charge in [-0.15, -0.1) is 0 Å². The van der Waals surface area contributed by atoms with Crippen molar-refractivity contribution in [2.24, 2.45) is 5.73 Å². The van der Waals surface area contributed by atoms with Gasteiger partial charge in [-0.1, -0.05) is 65.5 Å². The Kier molecular flexibility index (Phi) is 28.8. The molecule has 2 aromatic carbocycles. The lowest BCUT2D eigenvalue weighted by Crippen LogP contribution is -2.54. The summed E-state index contributed by atoms with van der Waals surface area (Å²) in [5, 5.41) is 12.9. The number of hydrogen-bond acceptors (Lipinski definition) is 17. The number of imide groups is 4. The number of piperidine rings is 2. The number of aliphatic carboxylic acids is 1. The summed E-state index contributed by atoms with van der Waals surface area (Å²) >= 11 is 16.9. The largest absolute Gasteiger partial charge is 0.485 e. The molecule has 0 aliphatic carbocycles. The summed E-state index contributed by atoms with van der Waals surface area (Å²) in [5.41, 5.74) is 5.36. The van der Waals surface area contributed by atoms with Gasteiger partial charge in [0.15, 0.2) is 12.4 Å². The van der Waals surface area contributed by atoms with Crippen molar-refractivity contribution in [2.75, 3.05) is 19.8 Å². The number of carbonyl (C=O) groups is 10. The van der Waals surface area contributed by atoms with E-state index in [0.717, 1.165) is 50.9 Å². The lowest BCUT2D eigenvalue weighted by atomic mass is 10.0. The number of nitrogens with two attached hydrogens (primary N) is 1. The highest BCUT2D eigenvalue weighted by atomic mass is 33.2. The molecule has 366 valence electrons. The van der Waals surface area contributed by atoms with Crippen molar-refractivity contribution < 1.29 is 62.5 Å². The van der Waals surface area contributed by atoms with Gasteiger partial charge in [-0.25, -0.2) is 4.79 Å². The average molecular weight is 1060 g/mol. The molecule has 4 heterocycles. The van der Waals surface area contributed by atoms with Crippen molar-refractivity contribution in [3.63, 3.8) is 0 Å². The third kappa shape index (κ3) is 18.0. The molecule has 18 nitrogen and oxygen atoms in total. The number of nitrogens with zero attached hydrogens (tertiary/aromatic N) is 2. The van der Waals surface area contributed by atoms with E-state index in [1.165, 1.54) is 67.4 Å². The number of amides is 8. The molecule has 2 fully saturated rings. The molecular weight excluding hydrogens is 1010 g/mol. The molecule has 6 rings (SSSR count). The Balaban J connectivity index is 0.000000530. The average Bonchev–Trinajstić information content (AvgIpc) is 3.70. The van der Waals surface area contributed by atoms with Gasteiger partial charge < -0.3 is 20.3 Å². The third-order valence-electron chi connectivity index (χ3n) is 9.74. The highest BCUT2D eigenvalue weighted by molar-refractivity contribution is 8.51. The third-order valence-corrected chi connectivity index (χ3v) is 12.0. The first-order chi connectivity index (χ1) is 31.6. The fourth-order valence-electron chi connectivity index (χ4n) is 6.72. The lowest BCUT2D eigenvalue weighted by molar-refractivity contribution is -0.139. The van der Waals surface area contributed by atoms with Gasteiger partial charge in [0.25, 0.3) is 23.6 Å². The van der Waals surface area contributed by atoms with Crippen molar-refractivity contribution >= 4 is 130 Å². The zero-order valence-corrected chi connectivity index (χ0v) is 41.6. The molecule has 25 heteroatoms. The van der Waals surface area contributed by atoms with Crippen LogP contribution in [0.15, 0.2) is 36.4 Å². The molecule has 0 aromatic heterocycles. The molecule has 8 amide bonds. The fourth-order valence-corrected chi connectivity index (χ4v) is 6.72. The first-order valence-corrected chi connectivity index (χ1v) is 27.1. The Bertz CT molecular complexity index is 2280. The van der Waals surface area contributed by atoms with Crippen LogP contribution in [0.2, 0.25) is 0 Å². The molecule has 0 saturated carbocycles. The zero-order chi connectivity index (χ0) is 49.3. The number of nitrogens with one attached hydrogen (secondary N) is 2. The Labute approximate surface area is 416 Å². The maximum atomic E-state index is 12.9. The number of rotatable bonds is 16. The number of benzene rings is 2. The summed E-state index contributed by atoms with van der Waals surface area (Å²) in [5.74, 6) is -6.13. The number of unbranched alkanes of at least 4 members (excludes halogenated alkanes) is 5. The number of carboxylic acid groups (broad SMARTS) is 1. The van der Waals surface area contributed by atoms with Crippen LogP contribution in [0.1, 0.15) is 140 Å². The summed E-state index contributed by atoms with van der Waals surface area (Å²) in [6, 6.07) is 6.70. The van der Waals surface area contributed by atoms with Crippen LogP contribution in [-0.4, -0.2) is 106 Å². The van der Waals surface area contributed by atoms with E-state index < -0.39 is 71.9 Å². The quantitative estimate of drug-likeness (QED) is 0.139. The van der Waals surface area contributed by atoms with E-state index in [-0.39, 0.29) is 79.3 Å². The molecule has 2 atom stereocenters. The second kappa shape index (κ2) is 32.1. The second-order valence-corrected chi connectivity index (χ2v) is 19.6. The van der Waals surface area contributed by atoms with Crippen molar-refractivity contribution in [1.82, 2.24) is 20.4 Å². The van der Waals surface area contributed by atoms with Crippen molar-refractivity contribution in [2.45, 2.75) is 110 Å². The number of carbonyl (C=O) groups excluding carboxylic acids is 9. The predicted octanol–water partition coefficient (Wildman–Crippen LogP) is 3.31. The SMILES string of the molecule is C.CCCCCCC(=O)COc1cccc2c1C(=O)N(C1CCC(=O)NC1=O)C2=O.CCCCCN.O=C(O)COc1cccc2c1C(=O)N(C1CCC(=O)NC1=O)C2=O.S=S=S.S=S=S=S. The molecule has 2 saturated heterocycles. The minimum Gasteiger partial charge on any atom is -0.485 e. The minimum atomic E-state index is -1.23. The topological polar surface area (TPSA) is 266 Å². The molecule has 5 N–H and O–H groups in total. The predicted molar refractivity (Wildman–Crippen MR) is 265 cm³/mol. The lowest BCUT2D eigenvalue weighted by Gasteiger charge is -2.27. The van der Waals surface area contributed by atoms with Crippen LogP contribution in [0.25, 0.3) is 0 Å². The monoisotopic (exact) mass is 1060 g/mol. The summed E-state index contributed by atoms with van der Waals surface area (Å²) in [7, 11) is 3.26. The molecule has 2 aromatic rings. The van der Waals surface area contributed by atoms with Crippen LogP contribution in [0.4, 0.5) is 0 Å². The van der Waals surface area contributed by atoms with Crippen molar-refractivity contribution in [3.05, 3.63) is 58.7 Å². The van der Waals surface area contributed by atoms with Gasteiger partial charge in [-0.05, 0) is 56.5 Å². The Morgan fingerprint density at radius 2 is 1.09 bits per heavy atom. The maximum Gasteiger partial charge on any atom is 0.341 e. The van der Waals surface area contributed by atoms with E-state index in [4.69, 9.17) is 20.3 Å². The molecule has 2 unspecified atom stereocenters. The molecular formula is C42H53N5O13S7. The van der Waals surface area contributed by atoms with E-state index in [0.29, 0.717) is 6.42 Å². The number of Topliss-reactive ketones (excluding diaryl/α,β-unsaturated/α-hetero) is 1. The fraction of sp³-hybridized carbons (Fsp3) is 0.476. The van der Waals surface area contributed by atoms with Crippen LogP contribution >= 0.6 is 0 Å². The Morgan fingerprint density at radius 3 is 1.45 bits per heavy atom. The highest BCUT2D eigenvalue weighted by Crippen LogP contribution is 2.35. The summed E-state index contributed by atoms with van der Waals surface area (Å²) in [4.78, 5) is 122. The maximum absolute atomic E-state index is 12.9. The minimum absolute atomic E-state index is 0. The van der Waals surface area contributed by atoms with Crippen LogP contribution in [0, 0.1) is 0 Å². The van der Waals surface area contributed by atoms with Gasteiger partial charge in [0, 0.05) is 90.7 Å².